The van der Waals surface area contributed by atoms with Crippen molar-refractivity contribution in [2.24, 2.45) is 0 Å². The van der Waals surface area contributed by atoms with Crippen LogP contribution in [0, 0.1) is 0 Å². The maximum absolute atomic E-state index is 6.00. The van der Waals surface area contributed by atoms with Gasteiger partial charge in [-0.2, -0.15) is 0 Å². The van der Waals surface area contributed by atoms with Crippen molar-refractivity contribution >= 4 is 11.6 Å². The van der Waals surface area contributed by atoms with Crippen LogP contribution >= 0.6 is 11.6 Å². The number of aromatic nitrogens is 1. The summed E-state index contributed by atoms with van der Waals surface area (Å²) in [6.07, 6.45) is 1.77. The highest BCUT2D eigenvalue weighted by molar-refractivity contribution is 6.30. The van der Waals surface area contributed by atoms with E-state index in [1.54, 1.807) is 6.20 Å². The van der Waals surface area contributed by atoms with Crippen LogP contribution in [-0.4, -0.2) is 35.6 Å². The van der Waals surface area contributed by atoms with Crippen LogP contribution in [0.25, 0.3) is 11.3 Å². The molecule has 0 saturated carbocycles. The molecule has 106 valence electrons. The van der Waals surface area contributed by atoms with Gasteiger partial charge < -0.3 is 9.73 Å². The molecule has 1 fully saturated rings. The molecule has 0 aliphatic carbocycles. The predicted molar refractivity (Wildman–Crippen MR) is 79.7 cm³/mol. The number of rotatable bonds is 3. The van der Waals surface area contributed by atoms with Crippen LogP contribution in [0.1, 0.15) is 12.8 Å². The molecule has 1 aromatic heterocycles. The Morgan fingerprint density at radius 3 is 3.20 bits per heavy atom. The van der Waals surface area contributed by atoms with Crippen molar-refractivity contribution in [2.45, 2.75) is 19.5 Å². The first kappa shape index (κ1) is 13.6. The van der Waals surface area contributed by atoms with E-state index >= 15 is 0 Å². The van der Waals surface area contributed by atoms with E-state index in [1.807, 2.05) is 24.3 Å². The Labute approximate surface area is 123 Å². The smallest absolute Gasteiger partial charge is 0.209 e. The lowest BCUT2D eigenvalue weighted by Crippen LogP contribution is -2.48. The molecule has 20 heavy (non-hydrogen) atoms. The second-order valence-electron chi connectivity index (χ2n) is 5.22. The molecule has 2 heterocycles. The third-order valence-electron chi connectivity index (χ3n) is 3.47. The van der Waals surface area contributed by atoms with E-state index in [2.05, 4.69) is 22.1 Å². The van der Waals surface area contributed by atoms with Crippen LogP contribution in [0.4, 0.5) is 0 Å². The van der Waals surface area contributed by atoms with Crippen LogP contribution in [0.3, 0.4) is 0 Å². The number of oxazole rings is 1. The van der Waals surface area contributed by atoms with E-state index in [0.717, 1.165) is 43.4 Å². The van der Waals surface area contributed by atoms with Crippen LogP contribution in [0.5, 0.6) is 0 Å². The fourth-order valence-corrected chi connectivity index (χ4v) is 2.70. The molecule has 1 aliphatic heterocycles. The van der Waals surface area contributed by atoms with Crippen molar-refractivity contribution in [3.63, 3.8) is 0 Å². The SMILES string of the molecule is C[C@@H]1CN(Cc2ncc(-c3cccc(Cl)c3)o2)CCN1. The number of benzene rings is 1. The largest absolute Gasteiger partial charge is 0.439 e. The van der Waals surface area contributed by atoms with Gasteiger partial charge >= 0.3 is 0 Å². The molecule has 0 amide bonds. The van der Waals surface area contributed by atoms with E-state index in [9.17, 15) is 0 Å². The summed E-state index contributed by atoms with van der Waals surface area (Å²) in [5.74, 6) is 1.53. The van der Waals surface area contributed by atoms with Crippen LogP contribution < -0.4 is 5.32 Å². The molecule has 1 aromatic carbocycles. The molecule has 1 saturated heterocycles. The summed E-state index contributed by atoms with van der Waals surface area (Å²) >= 11 is 6.00. The maximum Gasteiger partial charge on any atom is 0.209 e. The Morgan fingerprint density at radius 2 is 2.40 bits per heavy atom. The maximum atomic E-state index is 6.00. The summed E-state index contributed by atoms with van der Waals surface area (Å²) in [4.78, 5) is 6.73. The van der Waals surface area contributed by atoms with Gasteiger partial charge in [0.1, 0.15) is 0 Å². The molecule has 5 heteroatoms. The average molecular weight is 292 g/mol. The molecule has 0 bridgehead atoms. The number of nitrogens with zero attached hydrogens (tertiary/aromatic N) is 2. The molecule has 3 rings (SSSR count). The quantitative estimate of drug-likeness (QED) is 0.944. The Bertz CT molecular complexity index is 584. The highest BCUT2D eigenvalue weighted by atomic mass is 35.5. The van der Waals surface area contributed by atoms with Crippen molar-refractivity contribution in [3.8, 4) is 11.3 Å². The standard InChI is InChI=1S/C15H18ClN3O/c1-11-9-19(6-5-17-11)10-15-18-8-14(20-15)12-3-2-4-13(16)7-12/h2-4,7-8,11,17H,5-6,9-10H2,1H3/t11-/m1/s1. The van der Waals surface area contributed by atoms with Crippen molar-refractivity contribution in [1.82, 2.24) is 15.2 Å². The zero-order valence-electron chi connectivity index (χ0n) is 11.5. The van der Waals surface area contributed by atoms with Gasteiger partial charge in [-0.3, -0.25) is 4.90 Å². The number of nitrogens with one attached hydrogen (secondary N) is 1. The van der Waals surface area contributed by atoms with Gasteiger partial charge in [-0.05, 0) is 19.1 Å². The summed E-state index contributed by atoms with van der Waals surface area (Å²) in [5, 5.41) is 4.13. The fourth-order valence-electron chi connectivity index (χ4n) is 2.51. The van der Waals surface area contributed by atoms with Gasteiger partial charge in [0.05, 0.1) is 12.7 Å². The van der Waals surface area contributed by atoms with Crippen molar-refractivity contribution in [1.29, 1.82) is 0 Å². The molecular formula is C15H18ClN3O. The monoisotopic (exact) mass is 291 g/mol. The topological polar surface area (TPSA) is 41.3 Å². The summed E-state index contributed by atoms with van der Waals surface area (Å²) in [6.45, 7) is 6.02. The fraction of sp³-hybridized carbons (Fsp3) is 0.400. The molecule has 0 radical (unpaired) electrons. The molecule has 0 unspecified atom stereocenters. The lowest BCUT2D eigenvalue weighted by atomic mass is 10.2. The predicted octanol–water partition coefficient (Wildman–Crippen LogP) is 2.79. The minimum absolute atomic E-state index is 0.520. The Kier molecular flexibility index (Phi) is 4.05. The highest BCUT2D eigenvalue weighted by Crippen LogP contribution is 2.23. The van der Waals surface area contributed by atoms with Crippen LogP contribution in [0.2, 0.25) is 5.02 Å². The van der Waals surface area contributed by atoms with Gasteiger partial charge in [0.25, 0.3) is 0 Å². The molecule has 1 atom stereocenters. The first-order valence-electron chi connectivity index (χ1n) is 6.87. The number of halogens is 1. The van der Waals surface area contributed by atoms with Crippen molar-refractivity contribution in [3.05, 3.63) is 41.4 Å². The van der Waals surface area contributed by atoms with Gasteiger partial charge in [-0.25, -0.2) is 4.98 Å². The van der Waals surface area contributed by atoms with Crippen molar-refractivity contribution in [2.75, 3.05) is 19.6 Å². The Balaban J connectivity index is 1.70. The lowest BCUT2D eigenvalue weighted by molar-refractivity contribution is 0.184. The molecule has 4 nitrogen and oxygen atoms in total. The summed E-state index contributed by atoms with van der Waals surface area (Å²) in [5.41, 5.74) is 0.963. The van der Waals surface area contributed by atoms with Gasteiger partial charge in [0, 0.05) is 36.3 Å². The number of hydrogen-bond acceptors (Lipinski definition) is 4. The van der Waals surface area contributed by atoms with Crippen LogP contribution in [-0.2, 0) is 6.54 Å². The third-order valence-corrected chi connectivity index (χ3v) is 3.71. The summed E-state index contributed by atoms with van der Waals surface area (Å²) in [6, 6.07) is 8.15. The van der Waals surface area contributed by atoms with E-state index in [0.29, 0.717) is 11.1 Å². The summed E-state index contributed by atoms with van der Waals surface area (Å²) in [7, 11) is 0. The molecule has 1 N–H and O–H groups in total. The average Bonchev–Trinajstić information content (AvgIpc) is 2.87. The lowest BCUT2D eigenvalue weighted by Gasteiger charge is -2.30. The number of piperazine rings is 1. The summed E-state index contributed by atoms with van der Waals surface area (Å²) < 4.78 is 5.83. The normalized spacial score (nSPS) is 20.2. The minimum atomic E-state index is 0.520. The van der Waals surface area contributed by atoms with E-state index in [4.69, 9.17) is 16.0 Å². The van der Waals surface area contributed by atoms with Crippen molar-refractivity contribution < 1.29 is 4.42 Å². The minimum Gasteiger partial charge on any atom is -0.439 e. The van der Waals surface area contributed by atoms with E-state index < -0.39 is 0 Å². The zero-order valence-corrected chi connectivity index (χ0v) is 12.2. The van der Waals surface area contributed by atoms with E-state index in [-0.39, 0.29) is 0 Å². The molecule has 0 spiro atoms. The third kappa shape index (κ3) is 3.20. The first-order chi connectivity index (χ1) is 9.70. The highest BCUT2D eigenvalue weighted by Gasteiger charge is 2.17. The zero-order chi connectivity index (χ0) is 13.9. The first-order valence-corrected chi connectivity index (χ1v) is 7.25. The number of hydrogen-bond donors (Lipinski definition) is 1. The molecule has 1 aliphatic rings. The van der Waals surface area contributed by atoms with E-state index in [1.165, 1.54) is 0 Å². The van der Waals surface area contributed by atoms with Gasteiger partial charge in [-0.1, -0.05) is 23.7 Å². The molecular weight excluding hydrogens is 274 g/mol. The second-order valence-corrected chi connectivity index (χ2v) is 5.66. The van der Waals surface area contributed by atoms with Gasteiger partial charge in [0.2, 0.25) is 5.89 Å². The van der Waals surface area contributed by atoms with Gasteiger partial charge in [0.15, 0.2) is 5.76 Å². The second kappa shape index (κ2) is 5.95. The Morgan fingerprint density at radius 1 is 1.50 bits per heavy atom. The van der Waals surface area contributed by atoms with Gasteiger partial charge in [-0.15, -0.1) is 0 Å². The van der Waals surface area contributed by atoms with Crippen LogP contribution in [0.15, 0.2) is 34.9 Å². The molecule has 2 aromatic rings. The Hall–Kier alpha value is -1.36.